The van der Waals surface area contributed by atoms with E-state index in [9.17, 15) is 14.0 Å². The molecular formula is C24H31FN2O2. The summed E-state index contributed by atoms with van der Waals surface area (Å²) in [6.07, 6.45) is 0. The van der Waals surface area contributed by atoms with Crippen molar-refractivity contribution < 1.29 is 14.0 Å². The Labute approximate surface area is 172 Å². The lowest BCUT2D eigenvalue weighted by Gasteiger charge is -2.17. The van der Waals surface area contributed by atoms with Gasteiger partial charge in [0, 0.05) is 28.9 Å². The Bertz CT molecular complexity index is 919. The topological polar surface area (TPSA) is 58.2 Å². The van der Waals surface area contributed by atoms with E-state index in [1.165, 1.54) is 6.07 Å². The standard InChI is InChI=1S/C24H31FN2O2/c1-13(2)26-18-8-9-19(22(25)12-18)20-10-16(6)21(11-15(20)5)23(28)17(7)24(29)27-14(3)4/h8-14,17,26H,1-7H3,(H,27,29). The second-order valence-corrected chi connectivity index (χ2v) is 8.22. The number of aryl methyl sites for hydroxylation is 2. The smallest absolute Gasteiger partial charge is 0.230 e. The maximum atomic E-state index is 14.8. The largest absolute Gasteiger partial charge is 0.383 e. The lowest BCUT2D eigenvalue weighted by Crippen LogP contribution is -2.37. The van der Waals surface area contributed by atoms with Crippen LogP contribution in [0.2, 0.25) is 0 Å². The molecule has 0 fully saturated rings. The summed E-state index contributed by atoms with van der Waals surface area (Å²) in [5, 5.41) is 5.96. The minimum absolute atomic E-state index is 0.0286. The van der Waals surface area contributed by atoms with Gasteiger partial charge < -0.3 is 10.6 Å². The third-order valence-corrected chi connectivity index (χ3v) is 4.77. The van der Waals surface area contributed by atoms with Gasteiger partial charge in [-0.2, -0.15) is 0 Å². The fraction of sp³-hybridized carbons (Fsp3) is 0.417. The Kier molecular flexibility index (Phi) is 7.17. The number of nitrogens with one attached hydrogen (secondary N) is 2. The van der Waals surface area contributed by atoms with Gasteiger partial charge in [0.25, 0.3) is 0 Å². The van der Waals surface area contributed by atoms with E-state index in [0.717, 1.165) is 22.4 Å². The highest BCUT2D eigenvalue weighted by Gasteiger charge is 2.25. The first kappa shape index (κ1) is 22.6. The van der Waals surface area contributed by atoms with Crippen molar-refractivity contribution in [3.63, 3.8) is 0 Å². The summed E-state index contributed by atoms with van der Waals surface area (Å²) in [5.74, 6) is -1.61. The van der Waals surface area contributed by atoms with Crippen LogP contribution in [-0.4, -0.2) is 23.8 Å². The van der Waals surface area contributed by atoms with Crippen molar-refractivity contribution in [1.29, 1.82) is 0 Å². The molecule has 4 nitrogen and oxygen atoms in total. The molecule has 156 valence electrons. The predicted molar refractivity (Wildman–Crippen MR) is 117 cm³/mol. The molecule has 0 radical (unpaired) electrons. The lowest BCUT2D eigenvalue weighted by molar-refractivity contribution is -0.123. The maximum Gasteiger partial charge on any atom is 0.230 e. The van der Waals surface area contributed by atoms with E-state index in [1.807, 2.05) is 53.7 Å². The molecule has 0 aliphatic carbocycles. The fourth-order valence-electron chi connectivity index (χ4n) is 3.29. The predicted octanol–water partition coefficient (Wildman–Crippen LogP) is 5.27. The zero-order valence-electron chi connectivity index (χ0n) is 18.3. The van der Waals surface area contributed by atoms with E-state index in [4.69, 9.17) is 0 Å². The molecule has 5 heteroatoms. The van der Waals surface area contributed by atoms with Crippen molar-refractivity contribution in [1.82, 2.24) is 5.32 Å². The average molecular weight is 399 g/mol. The van der Waals surface area contributed by atoms with Gasteiger partial charge in [-0.25, -0.2) is 4.39 Å². The van der Waals surface area contributed by atoms with E-state index >= 15 is 0 Å². The molecule has 0 bridgehead atoms. The molecule has 2 rings (SSSR count). The first-order valence-electron chi connectivity index (χ1n) is 10.0. The monoisotopic (exact) mass is 398 g/mol. The van der Waals surface area contributed by atoms with Gasteiger partial charge in [-0.15, -0.1) is 0 Å². The number of amides is 1. The summed E-state index contributed by atoms with van der Waals surface area (Å²) in [6, 6.07) is 8.85. The van der Waals surface area contributed by atoms with Crippen LogP contribution in [0.1, 0.15) is 56.1 Å². The molecule has 2 N–H and O–H groups in total. The lowest BCUT2D eigenvalue weighted by atomic mass is 9.89. The average Bonchev–Trinajstić information content (AvgIpc) is 2.61. The van der Waals surface area contributed by atoms with Crippen LogP contribution in [0, 0.1) is 25.6 Å². The molecule has 1 amide bonds. The highest BCUT2D eigenvalue weighted by molar-refractivity contribution is 6.10. The molecule has 2 aromatic carbocycles. The number of benzene rings is 2. The van der Waals surface area contributed by atoms with Crippen LogP contribution in [0.25, 0.3) is 11.1 Å². The normalized spacial score (nSPS) is 12.2. The Morgan fingerprint density at radius 2 is 1.52 bits per heavy atom. The summed E-state index contributed by atoms with van der Waals surface area (Å²) in [7, 11) is 0. The summed E-state index contributed by atoms with van der Waals surface area (Å²) < 4.78 is 14.8. The Balaban J connectivity index is 2.37. The van der Waals surface area contributed by atoms with Gasteiger partial charge in [0.15, 0.2) is 5.78 Å². The first-order valence-corrected chi connectivity index (χ1v) is 10.0. The Hall–Kier alpha value is -2.69. The third-order valence-electron chi connectivity index (χ3n) is 4.77. The van der Waals surface area contributed by atoms with Crippen molar-refractivity contribution in [2.75, 3.05) is 5.32 Å². The number of carbonyl (C=O) groups excluding carboxylic acids is 2. The highest BCUT2D eigenvalue weighted by atomic mass is 19.1. The minimum atomic E-state index is -0.778. The number of rotatable bonds is 7. The van der Waals surface area contributed by atoms with Gasteiger partial charge in [-0.3, -0.25) is 9.59 Å². The van der Waals surface area contributed by atoms with Gasteiger partial charge in [0.05, 0.1) is 5.92 Å². The summed E-state index contributed by atoms with van der Waals surface area (Å²) in [4.78, 5) is 25.1. The number of hydrogen-bond donors (Lipinski definition) is 2. The van der Waals surface area contributed by atoms with Crippen LogP contribution in [0.5, 0.6) is 0 Å². The molecule has 0 spiro atoms. The highest BCUT2D eigenvalue weighted by Crippen LogP contribution is 2.31. The zero-order chi connectivity index (χ0) is 21.9. The van der Waals surface area contributed by atoms with Gasteiger partial charge in [0.1, 0.15) is 5.82 Å². The van der Waals surface area contributed by atoms with Crippen molar-refractivity contribution in [2.24, 2.45) is 5.92 Å². The van der Waals surface area contributed by atoms with E-state index in [2.05, 4.69) is 10.6 Å². The fourth-order valence-corrected chi connectivity index (χ4v) is 3.29. The van der Waals surface area contributed by atoms with Crippen LogP contribution in [-0.2, 0) is 4.79 Å². The number of Topliss-reactive ketones (excluding diaryl/α,β-unsaturated/α-hetero) is 1. The second kappa shape index (κ2) is 9.21. The van der Waals surface area contributed by atoms with Crippen LogP contribution >= 0.6 is 0 Å². The quantitative estimate of drug-likeness (QED) is 0.493. The third kappa shape index (κ3) is 5.43. The van der Waals surface area contributed by atoms with Gasteiger partial charge >= 0.3 is 0 Å². The SMILES string of the molecule is Cc1cc(-c2ccc(NC(C)C)cc2F)c(C)cc1C(=O)C(C)C(=O)NC(C)C. The number of carbonyl (C=O) groups is 2. The molecule has 0 heterocycles. The summed E-state index contributed by atoms with van der Waals surface area (Å²) >= 11 is 0. The number of ketones is 1. The molecule has 1 atom stereocenters. The van der Waals surface area contributed by atoms with Crippen molar-refractivity contribution in [3.8, 4) is 11.1 Å². The van der Waals surface area contributed by atoms with E-state index in [1.54, 1.807) is 19.1 Å². The molecule has 1 unspecified atom stereocenters. The van der Waals surface area contributed by atoms with E-state index in [-0.39, 0.29) is 29.6 Å². The van der Waals surface area contributed by atoms with Crippen LogP contribution < -0.4 is 10.6 Å². The molecule has 0 saturated heterocycles. The Morgan fingerprint density at radius 3 is 2.07 bits per heavy atom. The minimum Gasteiger partial charge on any atom is -0.383 e. The number of anilines is 1. The van der Waals surface area contributed by atoms with E-state index < -0.39 is 5.92 Å². The second-order valence-electron chi connectivity index (χ2n) is 8.22. The van der Waals surface area contributed by atoms with Gasteiger partial charge in [-0.1, -0.05) is 6.07 Å². The van der Waals surface area contributed by atoms with Gasteiger partial charge in [-0.05, 0) is 89.4 Å². The van der Waals surface area contributed by atoms with Crippen LogP contribution in [0.15, 0.2) is 30.3 Å². The molecule has 0 aromatic heterocycles. The van der Waals surface area contributed by atoms with Crippen molar-refractivity contribution in [2.45, 2.75) is 60.5 Å². The first-order chi connectivity index (χ1) is 13.5. The number of halogens is 1. The van der Waals surface area contributed by atoms with Gasteiger partial charge in [0.2, 0.25) is 5.91 Å². The molecule has 0 saturated carbocycles. The molecule has 29 heavy (non-hydrogen) atoms. The molecular weight excluding hydrogens is 367 g/mol. The molecule has 0 aliphatic rings. The Morgan fingerprint density at radius 1 is 0.862 bits per heavy atom. The van der Waals surface area contributed by atoms with E-state index in [0.29, 0.717) is 11.1 Å². The summed E-state index contributed by atoms with van der Waals surface area (Å²) in [6.45, 7) is 13.0. The molecule has 0 aliphatic heterocycles. The number of hydrogen-bond acceptors (Lipinski definition) is 3. The van der Waals surface area contributed by atoms with Crippen molar-refractivity contribution in [3.05, 3.63) is 52.8 Å². The van der Waals surface area contributed by atoms with Crippen LogP contribution in [0.3, 0.4) is 0 Å². The van der Waals surface area contributed by atoms with Crippen LogP contribution in [0.4, 0.5) is 10.1 Å². The zero-order valence-corrected chi connectivity index (χ0v) is 18.3. The van der Waals surface area contributed by atoms with Crippen molar-refractivity contribution >= 4 is 17.4 Å². The molecule has 2 aromatic rings. The summed E-state index contributed by atoms with van der Waals surface area (Å²) in [5.41, 5.74) is 3.97. The maximum absolute atomic E-state index is 14.8.